The van der Waals surface area contributed by atoms with Crippen molar-refractivity contribution in [1.82, 2.24) is 15.1 Å². The second kappa shape index (κ2) is 8.68. The first-order valence-corrected chi connectivity index (χ1v) is 7.03. The molecule has 0 saturated carbocycles. The Hall–Kier alpha value is -0.380. The van der Waals surface area contributed by atoms with Gasteiger partial charge in [0, 0.05) is 31.7 Å². The van der Waals surface area contributed by atoms with Gasteiger partial charge >= 0.3 is 0 Å². The van der Waals surface area contributed by atoms with Gasteiger partial charge in [-0.25, -0.2) is 0 Å². The summed E-state index contributed by atoms with van der Waals surface area (Å²) in [6.45, 7) is 18.3. The fraction of sp³-hybridized carbons (Fsp3) is 0.867. The fourth-order valence-corrected chi connectivity index (χ4v) is 1.69. The second-order valence-corrected chi connectivity index (χ2v) is 6.43. The summed E-state index contributed by atoms with van der Waals surface area (Å²) in [7, 11) is 4.25. The summed E-state index contributed by atoms with van der Waals surface area (Å²) in [5.41, 5.74) is 1.44. The molecule has 3 heteroatoms. The molecule has 0 saturated heterocycles. The third kappa shape index (κ3) is 10.8. The number of nitrogens with zero attached hydrogens (tertiary/aromatic N) is 2. The van der Waals surface area contributed by atoms with E-state index >= 15 is 0 Å². The van der Waals surface area contributed by atoms with Gasteiger partial charge in [-0.1, -0.05) is 13.5 Å². The molecule has 0 heterocycles. The minimum absolute atomic E-state index is 0.169. The Kier molecular flexibility index (Phi) is 8.49. The van der Waals surface area contributed by atoms with Crippen molar-refractivity contribution >= 4 is 0 Å². The lowest BCUT2D eigenvalue weighted by atomic mass is 10.1. The fourth-order valence-electron chi connectivity index (χ4n) is 1.69. The van der Waals surface area contributed by atoms with Gasteiger partial charge in [0.25, 0.3) is 0 Å². The van der Waals surface area contributed by atoms with Crippen molar-refractivity contribution in [2.24, 2.45) is 0 Å². The third-order valence-corrected chi connectivity index (χ3v) is 2.72. The van der Waals surface area contributed by atoms with Crippen LogP contribution in [0.2, 0.25) is 0 Å². The number of nitrogens with one attached hydrogen (secondary N) is 1. The normalized spacial score (nSPS) is 12.4. The lowest BCUT2D eigenvalue weighted by molar-refractivity contribution is 0.254. The van der Waals surface area contributed by atoms with E-state index in [9.17, 15) is 0 Å². The molecule has 3 nitrogen and oxygen atoms in total. The lowest BCUT2D eigenvalue weighted by Crippen LogP contribution is -2.40. The molecule has 1 N–H and O–H groups in total. The Labute approximate surface area is 114 Å². The molecule has 0 radical (unpaired) electrons. The Bertz CT molecular complexity index is 228. The molecular weight excluding hydrogens is 222 g/mol. The van der Waals surface area contributed by atoms with Crippen molar-refractivity contribution in [3.8, 4) is 0 Å². The van der Waals surface area contributed by atoms with Gasteiger partial charge in [-0.15, -0.1) is 0 Å². The minimum atomic E-state index is 0.169. The van der Waals surface area contributed by atoms with E-state index in [0.29, 0.717) is 0 Å². The maximum atomic E-state index is 4.19. The van der Waals surface area contributed by atoms with E-state index in [1.54, 1.807) is 0 Å². The maximum Gasteiger partial charge on any atom is 0.0203 e. The van der Waals surface area contributed by atoms with Crippen LogP contribution < -0.4 is 5.32 Å². The van der Waals surface area contributed by atoms with Crippen LogP contribution >= 0.6 is 0 Å². The van der Waals surface area contributed by atoms with Gasteiger partial charge in [-0.3, -0.25) is 4.90 Å². The molecule has 108 valence electrons. The number of hydrogen-bond donors (Lipinski definition) is 1. The highest BCUT2D eigenvalue weighted by Gasteiger charge is 2.11. The Morgan fingerprint density at radius 1 is 1.11 bits per heavy atom. The standard InChI is InChI=1S/C15H33N3/c1-8-9-18(11-10-17(6)7)13-14(2)12-16-15(3,4)5/h16H,2,8-13H2,1,3-7H3. The van der Waals surface area contributed by atoms with E-state index in [-0.39, 0.29) is 5.54 Å². The average molecular weight is 255 g/mol. The van der Waals surface area contributed by atoms with Crippen LogP contribution in [0.25, 0.3) is 0 Å². The smallest absolute Gasteiger partial charge is 0.0203 e. The van der Waals surface area contributed by atoms with Crippen LogP contribution in [-0.2, 0) is 0 Å². The van der Waals surface area contributed by atoms with E-state index in [1.807, 2.05) is 0 Å². The summed E-state index contributed by atoms with van der Waals surface area (Å²) in [5, 5.41) is 3.50. The first kappa shape index (κ1) is 17.6. The van der Waals surface area contributed by atoms with Gasteiger partial charge in [-0.2, -0.15) is 0 Å². The molecule has 0 unspecified atom stereocenters. The predicted octanol–water partition coefficient (Wildman–Crippen LogP) is 2.20. The molecule has 0 fully saturated rings. The molecule has 0 aliphatic rings. The van der Waals surface area contributed by atoms with Crippen LogP contribution in [0.1, 0.15) is 34.1 Å². The third-order valence-electron chi connectivity index (χ3n) is 2.72. The van der Waals surface area contributed by atoms with Crippen LogP contribution in [0.5, 0.6) is 0 Å². The van der Waals surface area contributed by atoms with Gasteiger partial charge in [0.1, 0.15) is 0 Å². The van der Waals surface area contributed by atoms with Crippen molar-refractivity contribution in [1.29, 1.82) is 0 Å². The summed E-state index contributed by atoms with van der Waals surface area (Å²) in [6, 6.07) is 0. The van der Waals surface area contributed by atoms with Gasteiger partial charge in [0.05, 0.1) is 0 Å². The molecule has 18 heavy (non-hydrogen) atoms. The summed E-state index contributed by atoms with van der Waals surface area (Å²) in [6.07, 6.45) is 1.20. The molecule has 0 aliphatic heterocycles. The molecule has 0 amide bonds. The number of rotatable bonds is 9. The van der Waals surface area contributed by atoms with Gasteiger partial charge in [0.15, 0.2) is 0 Å². The van der Waals surface area contributed by atoms with E-state index in [1.165, 1.54) is 12.0 Å². The minimum Gasteiger partial charge on any atom is -0.308 e. The van der Waals surface area contributed by atoms with E-state index in [4.69, 9.17) is 0 Å². The van der Waals surface area contributed by atoms with E-state index in [2.05, 4.69) is 63.5 Å². The van der Waals surface area contributed by atoms with Crippen LogP contribution in [0.15, 0.2) is 12.2 Å². The quantitative estimate of drug-likeness (QED) is 0.637. The second-order valence-electron chi connectivity index (χ2n) is 6.43. The predicted molar refractivity (Wildman–Crippen MR) is 82.2 cm³/mol. The van der Waals surface area contributed by atoms with Gasteiger partial charge in [-0.05, 0) is 53.4 Å². The molecule has 0 atom stereocenters. The zero-order valence-corrected chi connectivity index (χ0v) is 13.3. The van der Waals surface area contributed by atoms with Crippen LogP contribution in [0.3, 0.4) is 0 Å². The van der Waals surface area contributed by atoms with E-state index in [0.717, 1.165) is 32.7 Å². The highest BCUT2D eigenvalue weighted by Crippen LogP contribution is 2.02. The highest BCUT2D eigenvalue weighted by atomic mass is 15.2. The molecule has 0 spiro atoms. The van der Waals surface area contributed by atoms with Crippen LogP contribution in [-0.4, -0.2) is 62.2 Å². The molecule has 0 aliphatic carbocycles. The van der Waals surface area contributed by atoms with Crippen LogP contribution in [0.4, 0.5) is 0 Å². The first-order valence-electron chi connectivity index (χ1n) is 7.03. The highest BCUT2D eigenvalue weighted by molar-refractivity contribution is 5.01. The Morgan fingerprint density at radius 2 is 1.72 bits per heavy atom. The zero-order chi connectivity index (χ0) is 14.2. The largest absolute Gasteiger partial charge is 0.308 e. The van der Waals surface area contributed by atoms with Crippen molar-refractivity contribution in [2.45, 2.75) is 39.7 Å². The molecule has 0 aromatic carbocycles. The Balaban J connectivity index is 4.02. The SMILES string of the molecule is C=C(CNC(C)(C)C)CN(CCC)CCN(C)C. The monoisotopic (exact) mass is 255 g/mol. The molecule has 0 aromatic heterocycles. The van der Waals surface area contributed by atoms with Gasteiger partial charge in [0.2, 0.25) is 0 Å². The molecular formula is C15H33N3. The maximum absolute atomic E-state index is 4.19. The summed E-state index contributed by atoms with van der Waals surface area (Å²) in [4.78, 5) is 4.73. The summed E-state index contributed by atoms with van der Waals surface area (Å²) in [5.74, 6) is 0. The summed E-state index contributed by atoms with van der Waals surface area (Å²) < 4.78 is 0. The lowest BCUT2D eigenvalue weighted by Gasteiger charge is -2.26. The van der Waals surface area contributed by atoms with Crippen LogP contribution in [0, 0.1) is 0 Å². The summed E-state index contributed by atoms with van der Waals surface area (Å²) >= 11 is 0. The topological polar surface area (TPSA) is 18.5 Å². The average Bonchev–Trinajstić information content (AvgIpc) is 2.22. The zero-order valence-electron chi connectivity index (χ0n) is 13.3. The molecule has 0 aromatic rings. The molecule has 0 rings (SSSR count). The van der Waals surface area contributed by atoms with E-state index < -0.39 is 0 Å². The van der Waals surface area contributed by atoms with Crippen molar-refractivity contribution in [3.63, 3.8) is 0 Å². The Morgan fingerprint density at radius 3 is 2.17 bits per heavy atom. The first-order chi connectivity index (χ1) is 8.24. The molecule has 0 bridgehead atoms. The van der Waals surface area contributed by atoms with Gasteiger partial charge < -0.3 is 10.2 Å². The van der Waals surface area contributed by atoms with Crippen molar-refractivity contribution < 1.29 is 0 Å². The van der Waals surface area contributed by atoms with Crippen molar-refractivity contribution in [3.05, 3.63) is 12.2 Å². The van der Waals surface area contributed by atoms with Crippen molar-refractivity contribution in [2.75, 3.05) is 46.8 Å². The number of likely N-dealkylation sites (N-methyl/N-ethyl adjacent to an activating group) is 1. The number of hydrogen-bond acceptors (Lipinski definition) is 3.